The molecular formula is C18H20I4N2O6. The smallest absolute Gasteiger partial charge is 0.308 e. The van der Waals surface area contributed by atoms with Crippen molar-refractivity contribution in [3.8, 4) is 0 Å². The lowest BCUT2D eigenvalue weighted by molar-refractivity contribution is -0.142. The Kier molecular flexibility index (Phi) is 12.1. The lowest BCUT2D eigenvalue weighted by Gasteiger charge is -2.18. The highest BCUT2D eigenvalue weighted by Crippen LogP contribution is 2.33. The fourth-order valence-corrected chi connectivity index (χ4v) is 6.62. The molecule has 30 heavy (non-hydrogen) atoms. The van der Waals surface area contributed by atoms with Gasteiger partial charge in [0, 0.05) is 27.4 Å². The molecule has 0 fully saturated rings. The normalized spacial score (nSPS) is 12.7. The van der Waals surface area contributed by atoms with Gasteiger partial charge in [0.05, 0.1) is 23.0 Å². The van der Waals surface area contributed by atoms with Crippen molar-refractivity contribution in [3.05, 3.63) is 25.4 Å². The summed E-state index contributed by atoms with van der Waals surface area (Å²) in [7, 11) is 0. The van der Waals surface area contributed by atoms with E-state index < -0.39 is 35.6 Å². The van der Waals surface area contributed by atoms with E-state index in [0.29, 0.717) is 38.2 Å². The maximum Gasteiger partial charge on any atom is 0.308 e. The summed E-state index contributed by atoms with van der Waals surface area (Å²) in [5, 5.41) is 23.7. The van der Waals surface area contributed by atoms with Gasteiger partial charge in [0.15, 0.2) is 0 Å². The zero-order valence-corrected chi connectivity index (χ0v) is 24.7. The molecule has 1 aromatic rings. The predicted octanol–water partition coefficient (Wildman–Crippen LogP) is 3.79. The van der Waals surface area contributed by atoms with Gasteiger partial charge in [-0.1, -0.05) is 13.8 Å². The molecule has 0 heterocycles. The van der Waals surface area contributed by atoms with Crippen molar-refractivity contribution >= 4 is 114 Å². The summed E-state index contributed by atoms with van der Waals surface area (Å²) in [4.78, 5) is 47.9. The molecule has 0 saturated carbocycles. The summed E-state index contributed by atoms with van der Waals surface area (Å²) < 4.78 is 2.31. The third-order valence-electron chi connectivity index (χ3n) is 4.42. The Balaban J connectivity index is 3.17. The van der Waals surface area contributed by atoms with Crippen molar-refractivity contribution in [1.82, 2.24) is 10.6 Å². The zero-order chi connectivity index (χ0) is 23.2. The number of nitrogens with one attached hydrogen (secondary N) is 2. The molecule has 0 aliphatic heterocycles. The van der Waals surface area contributed by atoms with Crippen molar-refractivity contribution < 1.29 is 29.4 Å². The van der Waals surface area contributed by atoms with Crippen LogP contribution >= 0.6 is 90.4 Å². The molecule has 2 amide bonds. The quantitative estimate of drug-likeness (QED) is 0.209. The second-order valence-electron chi connectivity index (χ2n) is 6.31. The van der Waals surface area contributed by atoms with Crippen LogP contribution < -0.4 is 10.6 Å². The minimum absolute atomic E-state index is 0.0137. The van der Waals surface area contributed by atoms with Gasteiger partial charge in [-0.15, -0.1) is 0 Å². The largest absolute Gasteiger partial charge is 0.481 e. The molecule has 2 atom stereocenters. The summed E-state index contributed by atoms with van der Waals surface area (Å²) in [6, 6.07) is 0. The van der Waals surface area contributed by atoms with Gasteiger partial charge in [0.2, 0.25) is 0 Å². The molecule has 0 radical (unpaired) electrons. The molecular weight excluding hydrogens is 848 g/mol. The molecule has 0 aliphatic rings. The lowest BCUT2D eigenvalue weighted by atomic mass is 10.1. The van der Waals surface area contributed by atoms with Gasteiger partial charge in [0.25, 0.3) is 11.8 Å². The Hall–Kier alpha value is 0.0200. The Morgan fingerprint density at radius 3 is 1.17 bits per heavy atom. The third-order valence-corrected chi connectivity index (χ3v) is 10.8. The first-order chi connectivity index (χ1) is 14.0. The van der Waals surface area contributed by atoms with Gasteiger partial charge < -0.3 is 20.8 Å². The summed E-state index contributed by atoms with van der Waals surface area (Å²) in [6.07, 6.45) is 0.792. The first kappa shape index (κ1) is 28.1. The zero-order valence-electron chi connectivity index (χ0n) is 16.0. The van der Waals surface area contributed by atoms with Crippen LogP contribution in [0.3, 0.4) is 0 Å². The summed E-state index contributed by atoms with van der Waals surface area (Å²) >= 11 is 7.98. The minimum atomic E-state index is -0.967. The van der Waals surface area contributed by atoms with Crippen LogP contribution in [0.4, 0.5) is 0 Å². The number of hydrogen-bond donors (Lipinski definition) is 4. The lowest BCUT2D eigenvalue weighted by Crippen LogP contribution is -2.35. The molecule has 0 saturated heterocycles. The van der Waals surface area contributed by atoms with E-state index >= 15 is 0 Å². The highest BCUT2D eigenvalue weighted by atomic mass is 127. The third kappa shape index (κ3) is 7.01. The van der Waals surface area contributed by atoms with Crippen LogP contribution in [0.25, 0.3) is 0 Å². The predicted molar refractivity (Wildman–Crippen MR) is 145 cm³/mol. The molecule has 0 bridgehead atoms. The number of benzene rings is 1. The number of aliphatic carboxylic acids is 2. The van der Waals surface area contributed by atoms with E-state index in [4.69, 9.17) is 10.2 Å². The van der Waals surface area contributed by atoms with Gasteiger partial charge >= 0.3 is 11.9 Å². The molecule has 0 aliphatic carbocycles. The van der Waals surface area contributed by atoms with Gasteiger partial charge in [-0.05, 0) is 103 Å². The minimum Gasteiger partial charge on any atom is -0.481 e. The fraction of sp³-hybridized carbons (Fsp3) is 0.444. The van der Waals surface area contributed by atoms with E-state index in [1.54, 1.807) is 13.8 Å². The van der Waals surface area contributed by atoms with Crippen LogP contribution in [-0.2, 0) is 9.59 Å². The van der Waals surface area contributed by atoms with E-state index in [0.717, 1.165) is 0 Å². The van der Waals surface area contributed by atoms with Gasteiger partial charge in [0.1, 0.15) is 0 Å². The number of carbonyl (C=O) groups excluding carboxylic acids is 2. The number of carboxylic acids is 2. The molecule has 2 unspecified atom stereocenters. The first-order valence-corrected chi connectivity index (χ1v) is 13.2. The Morgan fingerprint density at radius 2 is 0.967 bits per heavy atom. The van der Waals surface area contributed by atoms with Crippen molar-refractivity contribution in [3.63, 3.8) is 0 Å². The summed E-state index contributed by atoms with van der Waals surface area (Å²) in [6.45, 7) is 3.51. The van der Waals surface area contributed by atoms with Crippen LogP contribution in [0.15, 0.2) is 0 Å². The van der Waals surface area contributed by atoms with Crippen LogP contribution in [0.5, 0.6) is 0 Å². The Labute approximate surface area is 228 Å². The van der Waals surface area contributed by atoms with E-state index in [1.807, 2.05) is 90.4 Å². The SMILES string of the molecule is CCC(CNC(=O)c1c(I)c(I)c(C(=O)NCC(CC)C(=O)O)c(I)c1I)C(=O)O. The molecule has 8 nitrogen and oxygen atoms in total. The number of hydrogen-bond acceptors (Lipinski definition) is 4. The van der Waals surface area contributed by atoms with Crippen LogP contribution in [-0.4, -0.2) is 47.1 Å². The van der Waals surface area contributed by atoms with E-state index in [-0.39, 0.29) is 13.1 Å². The van der Waals surface area contributed by atoms with Gasteiger partial charge in [-0.2, -0.15) is 0 Å². The number of halogens is 4. The summed E-state index contributed by atoms with van der Waals surface area (Å²) in [5.74, 6) is -4.08. The number of rotatable bonds is 10. The van der Waals surface area contributed by atoms with Crippen molar-refractivity contribution in [2.24, 2.45) is 11.8 Å². The summed E-state index contributed by atoms with van der Waals surface area (Å²) in [5.41, 5.74) is 0.775. The Bertz CT molecular complexity index is 764. The van der Waals surface area contributed by atoms with E-state index in [1.165, 1.54) is 0 Å². The second kappa shape index (κ2) is 12.9. The Morgan fingerprint density at radius 1 is 0.700 bits per heavy atom. The molecule has 1 rings (SSSR count). The highest BCUT2D eigenvalue weighted by Gasteiger charge is 2.28. The van der Waals surface area contributed by atoms with Crippen LogP contribution in [0.1, 0.15) is 47.4 Å². The van der Waals surface area contributed by atoms with Crippen LogP contribution in [0.2, 0.25) is 0 Å². The fourth-order valence-electron chi connectivity index (χ4n) is 2.45. The van der Waals surface area contributed by atoms with Crippen LogP contribution in [0, 0.1) is 26.1 Å². The van der Waals surface area contributed by atoms with Gasteiger partial charge in [-0.3, -0.25) is 19.2 Å². The topological polar surface area (TPSA) is 133 Å². The van der Waals surface area contributed by atoms with Crippen molar-refractivity contribution in [1.29, 1.82) is 0 Å². The number of amides is 2. The van der Waals surface area contributed by atoms with E-state index in [2.05, 4.69) is 10.6 Å². The number of carbonyl (C=O) groups is 4. The molecule has 4 N–H and O–H groups in total. The molecule has 166 valence electrons. The molecule has 1 aromatic carbocycles. The molecule has 0 spiro atoms. The molecule has 0 aromatic heterocycles. The standard InChI is InChI=1S/C18H20I4N2O6/c1-3-7(17(27)28)5-23-15(25)9-11(19)13(21)10(14(22)12(9)20)16(26)24-6-8(4-2)18(29)30/h7-8H,3-6H2,1-2H3,(H,23,25)(H,24,26)(H,27,28)(H,29,30). The average molecular weight is 868 g/mol. The second-order valence-corrected chi connectivity index (χ2v) is 10.6. The number of carboxylic acid groups (broad SMARTS) is 2. The maximum atomic E-state index is 12.8. The van der Waals surface area contributed by atoms with Crippen molar-refractivity contribution in [2.75, 3.05) is 13.1 Å². The first-order valence-electron chi connectivity index (χ1n) is 8.85. The average Bonchev–Trinajstić information content (AvgIpc) is 2.67. The van der Waals surface area contributed by atoms with Crippen molar-refractivity contribution in [2.45, 2.75) is 26.7 Å². The molecule has 12 heteroatoms. The van der Waals surface area contributed by atoms with Gasteiger partial charge in [-0.25, -0.2) is 0 Å². The highest BCUT2D eigenvalue weighted by molar-refractivity contribution is 14.1. The van der Waals surface area contributed by atoms with E-state index in [9.17, 15) is 19.2 Å². The maximum absolute atomic E-state index is 12.8. The monoisotopic (exact) mass is 868 g/mol.